The first-order valence-corrected chi connectivity index (χ1v) is 24.4. The Hall–Kier alpha value is -2.13. The maximum Gasteiger partial charge on any atom is 0.323 e. The molecular weight excluding hydrogens is 715 g/mol. The van der Waals surface area contributed by atoms with E-state index in [0.717, 1.165) is 116 Å². The van der Waals surface area contributed by atoms with E-state index in [1.165, 1.54) is 103 Å². The monoisotopic (exact) mass is 806 g/mol. The van der Waals surface area contributed by atoms with E-state index in [2.05, 4.69) is 31.0 Å². The first-order valence-electron chi connectivity index (χ1n) is 24.4. The number of esters is 2. The second-order valence-electron chi connectivity index (χ2n) is 16.9. The predicted octanol–water partition coefficient (Wildman–Crippen LogP) is 12.5. The fraction of sp³-hybridized carbons (Fsp3) is 0.896. The Balaban J connectivity index is 2.34. The van der Waals surface area contributed by atoms with Gasteiger partial charge in [-0.05, 0) is 89.9 Å². The fourth-order valence-electron chi connectivity index (χ4n) is 7.71. The van der Waals surface area contributed by atoms with Gasteiger partial charge < -0.3 is 29.7 Å². The third kappa shape index (κ3) is 33.4. The number of ether oxygens (including phenoxy) is 2. The van der Waals surface area contributed by atoms with E-state index in [1.54, 1.807) is 17.2 Å². The smallest absolute Gasteiger partial charge is 0.323 e. The van der Waals surface area contributed by atoms with Gasteiger partial charge >= 0.3 is 18.0 Å². The van der Waals surface area contributed by atoms with E-state index in [1.807, 2.05) is 0 Å². The van der Waals surface area contributed by atoms with Gasteiger partial charge in [0, 0.05) is 25.6 Å². The van der Waals surface area contributed by atoms with Crippen molar-refractivity contribution in [2.24, 2.45) is 0 Å². The minimum Gasteiger partial charge on any atom is -0.466 e. The Morgan fingerprint density at radius 1 is 0.614 bits per heavy atom. The van der Waals surface area contributed by atoms with Crippen molar-refractivity contribution in [3.05, 3.63) is 12.3 Å². The number of nitrogens with one attached hydrogen (secondary N) is 1. The van der Waals surface area contributed by atoms with E-state index in [0.29, 0.717) is 26.0 Å². The highest BCUT2D eigenvalue weighted by atomic mass is 16.5. The van der Waals surface area contributed by atoms with Gasteiger partial charge in [0.05, 0.1) is 6.61 Å². The number of carbonyl (C=O) groups excluding carboxylic acids is 3. The van der Waals surface area contributed by atoms with Crippen LogP contribution in [0, 0.1) is 0 Å². The molecule has 1 rings (SSSR count). The van der Waals surface area contributed by atoms with Crippen LogP contribution in [0.3, 0.4) is 0 Å². The lowest BCUT2D eigenvalue weighted by atomic mass is 10.0. The normalized spacial score (nSPS) is 14.2. The van der Waals surface area contributed by atoms with Crippen LogP contribution in [-0.4, -0.2) is 78.0 Å². The Morgan fingerprint density at radius 2 is 1.05 bits per heavy atom. The Morgan fingerprint density at radius 3 is 1.58 bits per heavy atom. The molecule has 2 N–H and O–H groups in total. The van der Waals surface area contributed by atoms with E-state index in [4.69, 9.17) is 9.47 Å². The van der Waals surface area contributed by atoms with Gasteiger partial charge in [-0.15, -0.1) is 0 Å². The predicted molar refractivity (Wildman–Crippen MR) is 237 cm³/mol. The quantitative estimate of drug-likeness (QED) is 0.0467. The van der Waals surface area contributed by atoms with Crippen LogP contribution in [0.4, 0.5) is 4.79 Å². The Kier molecular flexibility index (Phi) is 36.5. The minimum atomic E-state index is -0.909. The highest BCUT2D eigenvalue weighted by Gasteiger charge is 2.18. The molecule has 1 aliphatic rings. The number of nitrogens with zero attached hydrogens (tertiary/aromatic N) is 2. The van der Waals surface area contributed by atoms with Crippen LogP contribution >= 0.6 is 0 Å². The average molecular weight is 806 g/mol. The molecule has 0 aromatic rings. The Bertz CT molecular complexity index is 962. The third-order valence-corrected chi connectivity index (χ3v) is 11.4. The summed E-state index contributed by atoms with van der Waals surface area (Å²) in [4.78, 5) is 41.3. The highest BCUT2D eigenvalue weighted by Crippen LogP contribution is 2.19. The lowest BCUT2D eigenvalue weighted by molar-refractivity contribution is -0.150. The van der Waals surface area contributed by atoms with Crippen molar-refractivity contribution in [1.82, 2.24) is 15.1 Å². The SMILES string of the molecule is CCCCCCCCOC(=O)CCCCCCCN(CCCCCCCC(=O)OC(CCCCCCCC)CCCCCCCC)CCCN1C=CC(O)NC1=O. The fourth-order valence-corrected chi connectivity index (χ4v) is 7.71. The number of hydrogen-bond donors (Lipinski definition) is 2. The number of aliphatic hydroxyl groups is 1. The van der Waals surface area contributed by atoms with Gasteiger partial charge in [-0.1, -0.05) is 156 Å². The van der Waals surface area contributed by atoms with Crippen molar-refractivity contribution in [2.45, 2.75) is 245 Å². The molecule has 0 saturated heterocycles. The van der Waals surface area contributed by atoms with Crippen LogP contribution in [0.15, 0.2) is 12.3 Å². The van der Waals surface area contributed by atoms with Gasteiger partial charge in [-0.2, -0.15) is 0 Å². The number of urea groups is 1. The van der Waals surface area contributed by atoms with Crippen molar-refractivity contribution in [1.29, 1.82) is 0 Å². The summed E-state index contributed by atoms with van der Waals surface area (Å²) < 4.78 is 11.5. The second kappa shape index (κ2) is 39.3. The van der Waals surface area contributed by atoms with E-state index in [9.17, 15) is 19.5 Å². The molecule has 9 heteroatoms. The number of hydrogen-bond acceptors (Lipinski definition) is 7. The maximum atomic E-state index is 12.8. The van der Waals surface area contributed by atoms with Crippen molar-refractivity contribution in [3.8, 4) is 0 Å². The molecule has 0 aromatic carbocycles. The van der Waals surface area contributed by atoms with Crippen molar-refractivity contribution in [2.75, 3.05) is 32.8 Å². The topological polar surface area (TPSA) is 108 Å². The van der Waals surface area contributed by atoms with Gasteiger partial charge in [-0.3, -0.25) is 9.59 Å². The summed E-state index contributed by atoms with van der Waals surface area (Å²) in [5.41, 5.74) is 0. The lowest BCUT2D eigenvalue weighted by Crippen LogP contribution is -2.46. The van der Waals surface area contributed by atoms with Crippen molar-refractivity contribution >= 4 is 18.0 Å². The summed E-state index contributed by atoms with van der Waals surface area (Å²) in [5.74, 6) is -0.0500. The molecule has 1 atom stereocenters. The van der Waals surface area contributed by atoms with Gasteiger partial charge in [0.15, 0.2) is 0 Å². The number of rotatable bonds is 42. The van der Waals surface area contributed by atoms with Crippen molar-refractivity contribution in [3.63, 3.8) is 0 Å². The maximum absolute atomic E-state index is 12.8. The molecule has 0 saturated carbocycles. The van der Waals surface area contributed by atoms with Crippen LogP contribution in [0.25, 0.3) is 0 Å². The molecule has 2 amide bonds. The van der Waals surface area contributed by atoms with Crippen LogP contribution in [0.5, 0.6) is 0 Å². The first kappa shape index (κ1) is 52.9. The summed E-state index contributed by atoms with van der Waals surface area (Å²) in [6, 6.07) is -0.252. The molecule has 57 heavy (non-hydrogen) atoms. The molecule has 0 radical (unpaired) electrons. The van der Waals surface area contributed by atoms with Crippen LogP contribution in [-0.2, 0) is 19.1 Å². The number of unbranched alkanes of at least 4 members (excludes halogenated alkanes) is 23. The van der Waals surface area contributed by atoms with Gasteiger partial charge in [-0.25, -0.2) is 4.79 Å². The molecule has 0 spiro atoms. The Labute approximate surface area is 351 Å². The molecule has 334 valence electrons. The molecule has 0 bridgehead atoms. The van der Waals surface area contributed by atoms with Crippen LogP contribution < -0.4 is 5.32 Å². The zero-order valence-electron chi connectivity index (χ0n) is 37.6. The molecule has 1 aliphatic heterocycles. The standard InChI is InChI=1S/C48H91N3O6/c1-4-7-10-13-18-25-33-44(34-26-19-14-11-8-5-2)57-47(54)36-28-21-17-23-30-39-50(40-32-41-51-42-37-45(52)49-48(51)55)38-29-22-16-20-27-35-46(53)56-43-31-24-15-12-9-6-3/h37,42,44-45,52H,4-36,38-41,43H2,1-3H3,(H,49,55). The lowest BCUT2D eigenvalue weighted by Gasteiger charge is -2.27. The summed E-state index contributed by atoms with van der Waals surface area (Å²) >= 11 is 0. The largest absolute Gasteiger partial charge is 0.466 e. The van der Waals surface area contributed by atoms with Gasteiger partial charge in [0.25, 0.3) is 0 Å². The zero-order valence-corrected chi connectivity index (χ0v) is 37.6. The third-order valence-electron chi connectivity index (χ3n) is 11.4. The number of aliphatic hydroxyl groups excluding tert-OH is 1. The summed E-state index contributed by atoms with van der Waals surface area (Å²) in [6.45, 7) is 10.9. The van der Waals surface area contributed by atoms with Crippen LogP contribution in [0.1, 0.15) is 233 Å². The molecule has 1 unspecified atom stereocenters. The van der Waals surface area contributed by atoms with Gasteiger partial charge in [0.1, 0.15) is 12.3 Å². The highest BCUT2D eigenvalue weighted by molar-refractivity contribution is 5.76. The molecule has 9 nitrogen and oxygen atoms in total. The van der Waals surface area contributed by atoms with Gasteiger partial charge in [0.2, 0.25) is 0 Å². The molecule has 0 fully saturated rings. The molecular formula is C48H91N3O6. The average Bonchev–Trinajstić information content (AvgIpc) is 3.19. The summed E-state index contributed by atoms with van der Waals surface area (Å²) in [5, 5.41) is 12.2. The summed E-state index contributed by atoms with van der Waals surface area (Å²) in [7, 11) is 0. The van der Waals surface area contributed by atoms with E-state index >= 15 is 0 Å². The number of amides is 2. The molecule has 0 aliphatic carbocycles. The molecule has 0 aromatic heterocycles. The summed E-state index contributed by atoms with van der Waals surface area (Å²) in [6.07, 6.45) is 39.6. The number of carbonyl (C=O) groups is 3. The minimum absolute atomic E-state index is 0.00156. The second-order valence-corrected chi connectivity index (χ2v) is 16.9. The van der Waals surface area contributed by atoms with E-state index < -0.39 is 6.23 Å². The zero-order chi connectivity index (χ0) is 41.4. The van der Waals surface area contributed by atoms with E-state index in [-0.39, 0.29) is 24.1 Å². The molecule has 1 heterocycles. The van der Waals surface area contributed by atoms with Crippen molar-refractivity contribution < 1.29 is 29.0 Å². The van der Waals surface area contributed by atoms with Crippen LogP contribution in [0.2, 0.25) is 0 Å². The first-order chi connectivity index (χ1) is 27.9.